The number of nitrogens with zero attached hydrogens (tertiary/aromatic N) is 3. The van der Waals surface area contributed by atoms with Gasteiger partial charge in [0.2, 0.25) is 11.7 Å². The average molecular weight is 283 g/mol. The van der Waals surface area contributed by atoms with Crippen LogP contribution in [-0.2, 0) is 4.79 Å². The van der Waals surface area contributed by atoms with Crippen molar-refractivity contribution >= 4 is 17.4 Å². The van der Waals surface area contributed by atoms with Gasteiger partial charge in [-0.1, -0.05) is 6.92 Å². The van der Waals surface area contributed by atoms with Crippen LogP contribution in [0.3, 0.4) is 0 Å². The number of carbonyl (C=O) groups excluding carboxylic acids is 1. The lowest BCUT2D eigenvalue weighted by Gasteiger charge is -2.14. The molecule has 0 radical (unpaired) electrons. The van der Waals surface area contributed by atoms with Crippen molar-refractivity contribution in [3.8, 4) is 5.88 Å². The van der Waals surface area contributed by atoms with E-state index >= 15 is 0 Å². The maximum absolute atomic E-state index is 11.7. The molecule has 0 aliphatic heterocycles. The number of rotatable bonds is 7. The summed E-state index contributed by atoms with van der Waals surface area (Å²) >= 11 is 0. The number of anilines is 1. The summed E-state index contributed by atoms with van der Waals surface area (Å²) in [6.07, 6.45) is 1.94. The molecule has 0 saturated carbocycles. The highest BCUT2D eigenvalue weighted by atomic mass is 16.6. The van der Waals surface area contributed by atoms with Crippen LogP contribution in [0.1, 0.15) is 20.3 Å². The Morgan fingerprint density at radius 3 is 2.80 bits per heavy atom. The van der Waals surface area contributed by atoms with Crippen LogP contribution in [0.2, 0.25) is 0 Å². The van der Waals surface area contributed by atoms with Crippen LogP contribution in [0.4, 0.5) is 11.5 Å². The summed E-state index contributed by atoms with van der Waals surface area (Å²) in [5, 5.41) is 16.4. The van der Waals surface area contributed by atoms with Crippen molar-refractivity contribution < 1.29 is 14.5 Å². The predicted octanol–water partition coefficient (Wildman–Crippen LogP) is 0.720. The Bertz CT molecular complexity index is 494. The van der Waals surface area contributed by atoms with E-state index in [1.54, 1.807) is 6.92 Å². The highest BCUT2D eigenvalue weighted by molar-refractivity contribution is 5.84. The number of nitrogens with one attached hydrogen (secondary N) is 2. The summed E-state index contributed by atoms with van der Waals surface area (Å²) in [6.45, 7) is 4.06. The van der Waals surface area contributed by atoms with Gasteiger partial charge < -0.3 is 15.4 Å². The minimum atomic E-state index is -0.667. The lowest BCUT2D eigenvalue weighted by atomic mass is 10.3. The summed E-state index contributed by atoms with van der Waals surface area (Å²) < 4.78 is 4.82. The van der Waals surface area contributed by atoms with E-state index in [1.165, 1.54) is 7.11 Å². The average Bonchev–Trinajstić information content (AvgIpc) is 2.43. The number of hydrogen-bond acceptors (Lipinski definition) is 7. The van der Waals surface area contributed by atoms with Crippen molar-refractivity contribution in [3.63, 3.8) is 0 Å². The number of hydrogen-bond donors (Lipinski definition) is 2. The van der Waals surface area contributed by atoms with Crippen LogP contribution in [-0.4, -0.2) is 40.5 Å². The number of nitro groups is 1. The first-order valence-corrected chi connectivity index (χ1v) is 6.08. The maximum atomic E-state index is 11.7. The van der Waals surface area contributed by atoms with E-state index in [1.807, 2.05) is 6.92 Å². The number of amides is 1. The van der Waals surface area contributed by atoms with Crippen LogP contribution in [0.5, 0.6) is 5.88 Å². The first-order chi connectivity index (χ1) is 9.51. The first-order valence-electron chi connectivity index (χ1n) is 6.08. The fourth-order valence-corrected chi connectivity index (χ4v) is 1.45. The van der Waals surface area contributed by atoms with Crippen molar-refractivity contribution in [1.82, 2.24) is 15.3 Å². The van der Waals surface area contributed by atoms with Gasteiger partial charge in [0.05, 0.1) is 12.0 Å². The van der Waals surface area contributed by atoms with Gasteiger partial charge in [-0.05, 0) is 13.3 Å². The van der Waals surface area contributed by atoms with Gasteiger partial charge in [-0.3, -0.25) is 14.9 Å². The highest BCUT2D eigenvalue weighted by Gasteiger charge is 2.26. The molecular weight excluding hydrogens is 266 g/mol. The molecule has 0 saturated heterocycles. The molecule has 1 unspecified atom stereocenters. The van der Waals surface area contributed by atoms with Gasteiger partial charge in [-0.15, -0.1) is 0 Å². The predicted molar refractivity (Wildman–Crippen MR) is 71.6 cm³/mol. The molecule has 1 aromatic heterocycles. The standard InChI is InChI=1S/C11H17N5O4/c1-4-5-12-10(17)7(2)15-9-8(16(18)19)11(20-3)14-6-13-9/h6-7H,4-5H2,1-3H3,(H,12,17)(H,13,14,15). The molecule has 1 amide bonds. The topological polar surface area (TPSA) is 119 Å². The van der Waals surface area contributed by atoms with Crippen molar-refractivity contribution in [1.29, 1.82) is 0 Å². The van der Waals surface area contributed by atoms with Gasteiger partial charge >= 0.3 is 5.69 Å². The molecule has 0 aliphatic rings. The van der Waals surface area contributed by atoms with Gasteiger partial charge in [0.1, 0.15) is 12.4 Å². The Hall–Kier alpha value is -2.45. The molecule has 1 rings (SSSR count). The zero-order valence-electron chi connectivity index (χ0n) is 11.5. The molecule has 2 N–H and O–H groups in total. The van der Waals surface area contributed by atoms with Crippen molar-refractivity contribution in [2.75, 3.05) is 19.0 Å². The Morgan fingerprint density at radius 1 is 1.55 bits per heavy atom. The molecule has 0 aromatic carbocycles. The van der Waals surface area contributed by atoms with Gasteiger partial charge in [0, 0.05) is 6.54 Å². The lowest BCUT2D eigenvalue weighted by molar-refractivity contribution is -0.385. The zero-order valence-corrected chi connectivity index (χ0v) is 11.5. The van der Waals surface area contributed by atoms with Crippen LogP contribution in [0.15, 0.2) is 6.33 Å². The third-order valence-corrected chi connectivity index (χ3v) is 2.46. The van der Waals surface area contributed by atoms with Crippen LogP contribution in [0.25, 0.3) is 0 Å². The zero-order chi connectivity index (χ0) is 15.1. The van der Waals surface area contributed by atoms with Crippen molar-refractivity contribution in [2.24, 2.45) is 0 Å². The SMILES string of the molecule is CCCNC(=O)C(C)Nc1ncnc(OC)c1[N+](=O)[O-]. The van der Waals surface area contributed by atoms with E-state index in [0.29, 0.717) is 6.54 Å². The molecule has 1 heterocycles. The number of ether oxygens (including phenoxy) is 1. The van der Waals surface area contributed by atoms with E-state index in [0.717, 1.165) is 12.7 Å². The second kappa shape index (κ2) is 7.22. The largest absolute Gasteiger partial charge is 0.476 e. The monoisotopic (exact) mass is 283 g/mol. The molecule has 9 nitrogen and oxygen atoms in total. The fourth-order valence-electron chi connectivity index (χ4n) is 1.45. The summed E-state index contributed by atoms with van der Waals surface area (Å²) in [7, 11) is 1.27. The third kappa shape index (κ3) is 3.77. The summed E-state index contributed by atoms with van der Waals surface area (Å²) in [5.41, 5.74) is -0.398. The maximum Gasteiger partial charge on any atom is 0.372 e. The van der Waals surface area contributed by atoms with E-state index < -0.39 is 16.7 Å². The number of methoxy groups -OCH3 is 1. The van der Waals surface area contributed by atoms with E-state index in [4.69, 9.17) is 4.74 Å². The van der Waals surface area contributed by atoms with Gasteiger partial charge in [-0.25, -0.2) is 4.98 Å². The van der Waals surface area contributed by atoms with Crippen LogP contribution in [0, 0.1) is 10.1 Å². The van der Waals surface area contributed by atoms with Gasteiger partial charge in [0.25, 0.3) is 5.88 Å². The van der Waals surface area contributed by atoms with Crippen LogP contribution < -0.4 is 15.4 Å². The van der Waals surface area contributed by atoms with Crippen LogP contribution >= 0.6 is 0 Å². The molecular formula is C11H17N5O4. The minimum absolute atomic E-state index is 0.0546. The number of carbonyl (C=O) groups is 1. The molecule has 0 spiro atoms. The number of aromatic nitrogens is 2. The molecule has 0 aliphatic carbocycles. The van der Waals surface area contributed by atoms with Gasteiger partial charge in [-0.2, -0.15) is 4.98 Å². The highest BCUT2D eigenvalue weighted by Crippen LogP contribution is 2.30. The molecule has 110 valence electrons. The normalized spacial score (nSPS) is 11.6. The van der Waals surface area contributed by atoms with E-state index in [2.05, 4.69) is 20.6 Å². The summed E-state index contributed by atoms with van der Waals surface area (Å²) in [5.74, 6) is -0.478. The van der Waals surface area contributed by atoms with Crippen molar-refractivity contribution in [2.45, 2.75) is 26.3 Å². The lowest BCUT2D eigenvalue weighted by Crippen LogP contribution is -2.38. The second-order valence-corrected chi connectivity index (χ2v) is 3.99. The summed E-state index contributed by atoms with van der Waals surface area (Å²) in [6, 6.07) is -0.667. The summed E-state index contributed by atoms with van der Waals surface area (Å²) in [4.78, 5) is 29.6. The quantitative estimate of drug-likeness (QED) is 0.558. The Kier molecular flexibility index (Phi) is 5.63. The minimum Gasteiger partial charge on any atom is -0.476 e. The van der Waals surface area contributed by atoms with Crippen molar-refractivity contribution in [3.05, 3.63) is 16.4 Å². The first kappa shape index (κ1) is 15.6. The smallest absolute Gasteiger partial charge is 0.372 e. The fraction of sp³-hybridized carbons (Fsp3) is 0.545. The van der Waals surface area contributed by atoms with E-state index in [-0.39, 0.29) is 17.6 Å². The molecule has 1 atom stereocenters. The molecule has 0 fully saturated rings. The second-order valence-electron chi connectivity index (χ2n) is 3.99. The molecule has 1 aromatic rings. The molecule has 20 heavy (non-hydrogen) atoms. The van der Waals surface area contributed by atoms with Gasteiger partial charge in [0.15, 0.2) is 0 Å². The Morgan fingerprint density at radius 2 is 2.25 bits per heavy atom. The molecule has 9 heteroatoms. The Labute approximate surface area is 115 Å². The third-order valence-electron chi connectivity index (χ3n) is 2.46. The van der Waals surface area contributed by atoms with E-state index in [9.17, 15) is 14.9 Å². The Balaban J connectivity index is 2.92. The molecule has 0 bridgehead atoms.